The van der Waals surface area contributed by atoms with Crippen LogP contribution in [0.15, 0.2) is 0 Å². The standard InChI is InChI=1S/C4H5NO2.C4H10O/c6-3-1-2-4(7)5-3;1-2-3-4-5/h1-2H2,(H,5,6,7);5H,2-4H2,1H3. The predicted molar refractivity (Wildman–Crippen MR) is 44.4 cm³/mol. The molecule has 0 spiro atoms. The maximum absolute atomic E-state index is 10.1. The van der Waals surface area contributed by atoms with Crippen molar-refractivity contribution < 1.29 is 14.7 Å². The van der Waals surface area contributed by atoms with Gasteiger partial charge in [0, 0.05) is 19.4 Å². The second-order valence-electron chi connectivity index (χ2n) is 2.55. The van der Waals surface area contributed by atoms with E-state index in [0.29, 0.717) is 19.4 Å². The molecule has 2 amide bonds. The molecule has 1 rings (SSSR count). The van der Waals surface area contributed by atoms with Gasteiger partial charge >= 0.3 is 0 Å². The van der Waals surface area contributed by atoms with Gasteiger partial charge in [0.15, 0.2) is 0 Å². The molecule has 0 aliphatic carbocycles. The molecule has 0 radical (unpaired) electrons. The smallest absolute Gasteiger partial charge is 0.227 e. The molecule has 0 bridgehead atoms. The molecule has 12 heavy (non-hydrogen) atoms. The Morgan fingerprint density at radius 2 is 1.83 bits per heavy atom. The highest BCUT2D eigenvalue weighted by atomic mass is 16.2. The number of nitrogens with one attached hydrogen (secondary N) is 1. The van der Waals surface area contributed by atoms with Crippen LogP contribution in [0.5, 0.6) is 0 Å². The van der Waals surface area contributed by atoms with Gasteiger partial charge in [-0.1, -0.05) is 13.3 Å². The molecule has 0 aromatic heterocycles. The molecular formula is C8H15NO3. The van der Waals surface area contributed by atoms with Gasteiger partial charge in [-0.05, 0) is 6.42 Å². The van der Waals surface area contributed by atoms with Gasteiger partial charge < -0.3 is 5.11 Å². The Labute approximate surface area is 72.0 Å². The van der Waals surface area contributed by atoms with E-state index in [9.17, 15) is 9.59 Å². The van der Waals surface area contributed by atoms with Crippen LogP contribution in [0.25, 0.3) is 0 Å². The third-order valence-electron chi connectivity index (χ3n) is 1.37. The van der Waals surface area contributed by atoms with E-state index in [1.165, 1.54) is 0 Å². The van der Waals surface area contributed by atoms with Gasteiger partial charge in [0.25, 0.3) is 0 Å². The molecule has 0 unspecified atom stereocenters. The van der Waals surface area contributed by atoms with Crippen molar-refractivity contribution in [3.8, 4) is 0 Å². The lowest BCUT2D eigenvalue weighted by Crippen LogP contribution is -2.18. The maximum atomic E-state index is 10.1. The third kappa shape index (κ3) is 5.85. The summed E-state index contributed by atoms with van der Waals surface area (Å²) in [5, 5.41) is 10.2. The van der Waals surface area contributed by atoms with Crippen molar-refractivity contribution in [2.45, 2.75) is 32.6 Å². The molecule has 4 heteroatoms. The average molecular weight is 173 g/mol. The molecule has 1 aliphatic heterocycles. The Morgan fingerprint density at radius 1 is 1.33 bits per heavy atom. The van der Waals surface area contributed by atoms with Crippen molar-refractivity contribution in [2.24, 2.45) is 0 Å². The van der Waals surface area contributed by atoms with Gasteiger partial charge in [0.1, 0.15) is 0 Å². The van der Waals surface area contributed by atoms with Crippen LogP contribution in [0.1, 0.15) is 32.6 Å². The molecule has 1 heterocycles. The fourth-order valence-electron chi connectivity index (χ4n) is 0.666. The van der Waals surface area contributed by atoms with E-state index in [0.717, 1.165) is 12.8 Å². The fourth-order valence-corrected chi connectivity index (χ4v) is 0.666. The number of imide groups is 1. The summed E-state index contributed by atoms with van der Waals surface area (Å²) in [6, 6.07) is 0. The van der Waals surface area contributed by atoms with Crippen molar-refractivity contribution in [3.05, 3.63) is 0 Å². The second-order valence-corrected chi connectivity index (χ2v) is 2.55. The van der Waals surface area contributed by atoms with E-state index in [1.807, 2.05) is 0 Å². The number of carbonyl (C=O) groups is 2. The topological polar surface area (TPSA) is 66.4 Å². The predicted octanol–water partition coefficient (Wildman–Crippen LogP) is 0.202. The highest BCUT2D eigenvalue weighted by Gasteiger charge is 2.15. The van der Waals surface area contributed by atoms with Gasteiger partial charge in [0.2, 0.25) is 11.8 Å². The van der Waals surface area contributed by atoms with Crippen LogP contribution in [-0.4, -0.2) is 23.5 Å². The first-order valence-corrected chi connectivity index (χ1v) is 4.14. The summed E-state index contributed by atoms with van der Waals surface area (Å²) in [5.74, 6) is -0.296. The molecule has 0 aromatic rings. The van der Waals surface area contributed by atoms with E-state index in [4.69, 9.17) is 5.11 Å². The number of carbonyl (C=O) groups excluding carboxylic acids is 2. The lowest BCUT2D eigenvalue weighted by atomic mass is 10.4. The van der Waals surface area contributed by atoms with Crippen LogP contribution in [-0.2, 0) is 9.59 Å². The Kier molecular flexibility index (Phi) is 6.28. The van der Waals surface area contributed by atoms with Gasteiger partial charge in [0.05, 0.1) is 0 Å². The van der Waals surface area contributed by atoms with Gasteiger partial charge in [-0.25, -0.2) is 0 Å². The summed E-state index contributed by atoms with van der Waals surface area (Å²) in [7, 11) is 0. The SMILES string of the molecule is CCCCO.O=C1CCC(=O)N1. The number of aliphatic hydroxyl groups excluding tert-OH is 1. The van der Waals surface area contributed by atoms with Crippen molar-refractivity contribution in [1.29, 1.82) is 0 Å². The highest BCUT2D eigenvalue weighted by molar-refractivity contribution is 6.01. The normalized spacial score (nSPS) is 15.2. The number of hydrogen-bond donors (Lipinski definition) is 2. The lowest BCUT2D eigenvalue weighted by molar-refractivity contribution is -0.124. The first kappa shape index (κ1) is 11.1. The third-order valence-corrected chi connectivity index (χ3v) is 1.37. The molecule has 0 saturated carbocycles. The zero-order valence-corrected chi connectivity index (χ0v) is 7.30. The molecule has 2 N–H and O–H groups in total. The van der Waals surface area contributed by atoms with Gasteiger partial charge in [-0.15, -0.1) is 0 Å². The molecular weight excluding hydrogens is 158 g/mol. The number of hydrogen-bond acceptors (Lipinski definition) is 3. The van der Waals surface area contributed by atoms with E-state index in [1.54, 1.807) is 0 Å². The van der Waals surface area contributed by atoms with E-state index in [2.05, 4.69) is 12.2 Å². The van der Waals surface area contributed by atoms with E-state index < -0.39 is 0 Å². The van der Waals surface area contributed by atoms with Crippen LogP contribution < -0.4 is 5.32 Å². The van der Waals surface area contributed by atoms with Crippen molar-refractivity contribution in [2.75, 3.05) is 6.61 Å². The molecule has 4 nitrogen and oxygen atoms in total. The first-order valence-electron chi connectivity index (χ1n) is 4.14. The summed E-state index contributed by atoms with van der Waals surface area (Å²) >= 11 is 0. The number of unbranched alkanes of at least 4 members (excludes halogenated alkanes) is 1. The molecule has 1 saturated heterocycles. The first-order chi connectivity index (χ1) is 5.70. The van der Waals surface area contributed by atoms with Crippen LogP contribution >= 0.6 is 0 Å². The summed E-state index contributed by atoms with van der Waals surface area (Å²) in [4.78, 5) is 20.2. The molecule has 70 valence electrons. The quantitative estimate of drug-likeness (QED) is 0.586. The van der Waals surface area contributed by atoms with Gasteiger partial charge in [-0.3, -0.25) is 14.9 Å². The van der Waals surface area contributed by atoms with E-state index in [-0.39, 0.29) is 11.8 Å². The lowest BCUT2D eigenvalue weighted by Gasteiger charge is -1.79. The zero-order chi connectivity index (χ0) is 9.40. The maximum Gasteiger partial charge on any atom is 0.227 e. The van der Waals surface area contributed by atoms with Gasteiger partial charge in [-0.2, -0.15) is 0 Å². The molecule has 0 aromatic carbocycles. The summed E-state index contributed by atoms with van der Waals surface area (Å²) < 4.78 is 0. The Bertz CT molecular complexity index is 140. The highest BCUT2D eigenvalue weighted by Crippen LogP contribution is 1.95. The Morgan fingerprint density at radius 3 is 1.92 bits per heavy atom. The van der Waals surface area contributed by atoms with Crippen LogP contribution in [0, 0.1) is 0 Å². The van der Waals surface area contributed by atoms with Crippen molar-refractivity contribution >= 4 is 11.8 Å². The molecule has 0 atom stereocenters. The van der Waals surface area contributed by atoms with E-state index >= 15 is 0 Å². The van der Waals surface area contributed by atoms with Crippen LogP contribution in [0.4, 0.5) is 0 Å². The number of aliphatic hydroxyl groups is 1. The van der Waals surface area contributed by atoms with Crippen molar-refractivity contribution in [3.63, 3.8) is 0 Å². The molecule has 1 aliphatic rings. The minimum absolute atomic E-state index is 0.148. The van der Waals surface area contributed by atoms with Crippen LogP contribution in [0.2, 0.25) is 0 Å². The Hall–Kier alpha value is -0.900. The monoisotopic (exact) mass is 173 g/mol. The largest absolute Gasteiger partial charge is 0.396 e. The summed E-state index contributed by atoms with van der Waals surface area (Å²) in [6.45, 7) is 2.40. The fraction of sp³-hybridized carbons (Fsp3) is 0.750. The van der Waals surface area contributed by atoms with Crippen LogP contribution in [0.3, 0.4) is 0 Å². The Balaban J connectivity index is 0.000000217. The number of rotatable bonds is 2. The summed E-state index contributed by atoms with van der Waals surface area (Å²) in [5.41, 5.74) is 0. The van der Waals surface area contributed by atoms with Crippen molar-refractivity contribution in [1.82, 2.24) is 5.32 Å². The molecule has 1 fully saturated rings. The summed E-state index contributed by atoms with van der Waals surface area (Å²) in [6.07, 6.45) is 2.79. The number of amides is 2. The minimum Gasteiger partial charge on any atom is -0.396 e. The average Bonchev–Trinajstić information content (AvgIpc) is 2.38. The zero-order valence-electron chi connectivity index (χ0n) is 7.30. The second kappa shape index (κ2) is 6.79. The minimum atomic E-state index is -0.148.